The van der Waals surface area contributed by atoms with Gasteiger partial charge >= 0.3 is 6.18 Å². The minimum absolute atomic E-state index is 0.00429. The number of aliphatic hydroxyl groups is 1. The lowest BCUT2D eigenvalue weighted by Gasteiger charge is -2.39. The summed E-state index contributed by atoms with van der Waals surface area (Å²) in [6.45, 7) is 2.78. The van der Waals surface area contributed by atoms with E-state index in [-0.39, 0.29) is 30.1 Å². The first-order valence-corrected chi connectivity index (χ1v) is 12.9. The molecule has 0 bridgehead atoms. The molecule has 2 amide bonds. The quantitative estimate of drug-likeness (QED) is 0.589. The van der Waals surface area contributed by atoms with E-state index < -0.39 is 23.2 Å². The van der Waals surface area contributed by atoms with E-state index in [1.54, 1.807) is 26.2 Å². The van der Waals surface area contributed by atoms with Gasteiger partial charge in [-0.2, -0.15) is 13.2 Å². The minimum Gasteiger partial charge on any atom is -0.369 e. The maximum atomic E-state index is 14.0. The van der Waals surface area contributed by atoms with Crippen molar-refractivity contribution >= 4 is 40.7 Å². The van der Waals surface area contributed by atoms with Gasteiger partial charge in [0.05, 0.1) is 10.6 Å². The first-order valence-electron chi connectivity index (χ1n) is 12.2. The number of alkyl halides is 3. The number of rotatable bonds is 5. The second-order valence-electron chi connectivity index (χ2n) is 9.80. The van der Waals surface area contributed by atoms with E-state index in [1.165, 1.54) is 17.0 Å². The highest BCUT2D eigenvalue weighted by Gasteiger charge is 2.62. The smallest absolute Gasteiger partial charge is 0.369 e. The van der Waals surface area contributed by atoms with Crippen molar-refractivity contribution in [2.75, 3.05) is 58.3 Å². The van der Waals surface area contributed by atoms with Crippen LogP contribution in [-0.4, -0.2) is 97.2 Å². The van der Waals surface area contributed by atoms with Gasteiger partial charge in [0.25, 0.3) is 17.4 Å². The Bertz CT molecular complexity index is 1200. The van der Waals surface area contributed by atoms with Crippen molar-refractivity contribution in [3.63, 3.8) is 0 Å². The lowest BCUT2D eigenvalue weighted by atomic mass is 9.91. The number of carbonyl (C=O) groups is 2. The van der Waals surface area contributed by atoms with Crippen LogP contribution in [0.15, 0.2) is 42.5 Å². The summed E-state index contributed by atoms with van der Waals surface area (Å²) >= 11 is 12.2. The number of anilines is 1. The molecule has 0 aromatic heterocycles. The average Bonchev–Trinajstić information content (AvgIpc) is 3.37. The highest BCUT2D eigenvalue weighted by Crippen LogP contribution is 2.42. The van der Waals surface area contributed by atoms with E-state index in [2.05, 4.69) is 9.80 Å². The summed E-state index contributed by atoms with van der Waals surface area (Å²) in [6.07, 6.45) is -4.71. The highest BCUT2D eigenvalue weighted by atomic mass is 35.5. The Labute approximate surface area is 229 Å². The molecule has 2 aromatic rings. The van der Waals surface area contributed by atoms with E-state index in [4.69, 9.17) is 23.2 Å². The molecular formula is C26H29Cl2F3N4O3. The van der Waals surface area contributed by atoms with Gasteiger partial charge in [0.1, 0.15) is 0 Å². The lowest BCUT2D eigenvalue weighted by molar-refractivity contribution is -0.261. The van der Waals surface area contributed by atoms with Crippen LogP contribution in [0.25, 0.3) is 0 Å². The van der Waals surface area contributed by atoms with Crippen LogP contribution in [0.3, 0.4) is 0 Å². The van der Waals surface area contributed by atoms with Gasteiger partial charge < -0.3 is 19.8 Å². The molecule has 1 N–H and O–H groups in total. The summed E-state index contributed by atoms with van der Waals surface area (Å²) in [7, 11) is 3.31. The summed E-state index contributed by atoms with van der Waals surface area (Å²) in [5.74, 6) is -1.57. The van der Waals surface area contributed by atoms with Gasteiger partial charge in [-0.3, -0.25) is 14.5 Å². The second kappa shape index (κ2) is 10.9. The number of nitrogens with zero attached hydrogens (tertiary/aromatic N) is 4. The third-order valence-electron chi connectivity index (χ3n) is 7.20. The van der Waals surface area contributed by atoms with Crippen LogP contribution in [0.1, 0.15) is 22.3 Å². The van der Waals surface area contributed by atoms with E-state index in [1.807, 2.05) is 6.07 Å². The molecule has 2 saturated heterocycles. The molecule has 2 aliphatic heterocycles. The Hall–Kier alpha value is -2.53. The van der Waals surface area contributed by atoms with Crippen molar-refractivity contribution in [1.82, 2.24) is 14.7 Å². The molecule has 2 fully saturated rings. The number of amides is 2. The van der Waals surface area contributed by atoms with Gasteiger partial charge in [0.15, 0.2) is 0 Å². The molecule has 4 rings (SSSR count). The zero-order chi connectivity index (χ0) is 27.8. The number of halogens is 5. The van der Waals surface area contributed by atoms with Crippen molar-refractivity contribution < 1.29 is 27.9 Å². The van der Waals surface area contributed by atoms with Crippen molar-refractivity contribution in [2.24, 2.45) is 0 Å². The summed E-state index contributed by atoms with van der Waals surface area (Å²) in [5.41, 5.74) is -2.97. The molecule has 0 aliphatic carbocycles. The fourth-order valence-electron chi connectivity index (χ4n) is 5.04. The Balaban J connectivity index is 1.40. The minimum atomic E-state index is -5.22. The summed E-state index contributed by atoms with van der Waals surface area (Å²) in [5, 5.41) is 11.1. The highest BCUT2D eigenvalue weighted by molar-refractivity contribution is 6.34. The molecule has 7 nitrogen and oxygen atoms in total. The zero-order valence-corrected chi connectivity index (χ0v) is 22.5. The first kappa shape index (κ1) is 28.5. The number of carbonyl (C=O) groups excluding carboxylic acids is 2. The van der Waals surface area contributed by atoms with Crippen molar-refractivity contribution in [2.45, 2.75) is 24.2 Å². The normalized spacial score (nSPS) is 20.4. The first-order chi connectivity index (χ1) is 17.8. The summed E-state index contributed by atoms with van der Waals surface area (Å²) in [4.78, 5) is 32.2. The van der Waals surface area contributed by atoms with Crippen LogP contribution in [0, 0.1) is 0 Å². The molecule has 2 unspecified atom stereocenters. The molecule has 2 aliphatic rings. The van der Waals surface area contributed by atoms with Crippen LogP contribution in [-0.2, 0) is 10.4 Å². The number of likely N-dealkylation sites (tertiary alicyclic amines) is 1. The van der Waals surface area contributed by atoms with Gasteiger partial charge in [-0.25, -0.2) is 0 Å². The van der Waals surface area contributed by atoms with E-state index in [0.717, 1.165) is 22.7 Å². The molecule has 12 heteroatoms. The van der Waals surface area contributed by atoms with Crippen LogP contribution in [0.4, 0.5) is 18.9 Å². The lowest BCUT2D eigenvalue weighted by Crippen LogP contribution is -2.56. The van der Waals surface area contributed by atoms with Gasteiger partial charge in [-0.15, -0.1) is 0 Å². The Morgan fingerprint density at radius 2 is 1.68 bits per heavy atom. The summed E-state index contributed by atoms with van der Waals surface area (Å²) < 4.78 is 42.1. The molecular weight excluding hydrogens is 544 g/mol. The van der Waals surface area contributed by atoms with Crippen LogP contribution in [0.5, 0.6) is 0 Å². The third-order valence-corrected chi connectivity index (χ3v) is 7.75. The monoisotopic (exact) mass is 572 g/mol. The number of hydrogen-bond acceptors (Lipinski definition) is 5. The maximum Gasteiger partial charge on any atom is 0.430 e. The van der Waals surface area contributed by atoms with Crippen molar-refractivity contribution in [3.8, 4) is 0 Å². The third kappa shape index (κ3) is 5.45. The predicted octanol–water partition coefficient (Wildman–Crippen LogP) is 3.87. The zero-order valence-electron chi connectivity index (χ0n) is 21.0. The van der Waals surface area contributed by atoms with Crippen molar-refractivity contribution in [1.29, 1.82) is 0 Å². The van der Waals surface area contributed by atoms with E-state index in [0.29, 0.717) is 43.2 Å². The van der Waals surface area contributed by atoms with Crippen LogP contribution >= 0.6 is 23.2 Å². The molecule has 2 aromatic carbocycles. The Kier molecular flexibility index (Phi) is 8.18. The topological polar surface area (TPSA) is 67.3 Å². The molecule has 0 radical (unpaired) electrons. The number of hydrogen-bond donors (Lipinski definition) is 1. The summed E-state index contributed by atoms with van der Waals surface area (Å²) in [6, 6.07) is 9.86. The number of piperazine rings is 1. The standard InChI is InChI=1S/C26H29Cl2F3N4O3/c1-32(2)23(36)21-7-6-19(15-22(21)28)33-10-12-34(13-11-33)20-8-9-35(16-20)24(37)25(38,26(29,30)31)17-4-3-5-18(27)14-17/h3-7,14-15,20,38H,8-13,16H2,1-2H3. The molecule has 2 atom stereocenters. The van der Waals surface area contributed by atoms with Gasteiger partial charge in [-0.1, -0.05) is 35.3 Å². The van der Waals surface area contributed by atoms with Gasteiger partial charge in [-0.05, 0) is 36.8 Å². The van der Waals surface area contributed by atoms with E-state index in [9.17, 15) is 27.9 Å². The molecule has 38 heavy (non-hydrogen) atoms. The fraction of sp³-hybridized carbons (Fsp3) is 0.462. The van der Waals surface area contributed by atoms with Crippen LogP contribution < -0.4 is 4.90 Å². The molecule has 0 spiro atoms. The van der Waals surface area contributed by atoms with Gasteiger partial charge in [0, 0.05) is 75.7 Å². The Morgan fingerprint density at radius 3 is 2.26 bits per heavy atom. The van der Waals surface area contributed by atoms with Crippen molar-refractivity contribution in [3.05, 3.63) is 63.6 Å². The molecule has 0 saturated carbocycles. The SMILES string of the molecule is CN(C)C(=O)c1ccc(N2CCN(C3CCN(C(=O)C(O)(c4cccc(Cl)c4)C(F)(F)F)C3)CC2)cc1Cl. The second-order valence-corrected chi connectivity index (χ2v) is 10.6. The Morgan fingerprint density at radius 1 is 1.00 bits per heavy atom. The predicted molar refractivity (Wildman–Crippen MR) is 140 cm³/mol. The maximum absolute atomic E-state index is 14.0. The molecule has 206 valence electrons. The molecule has 2 heterocycles. The fourth-order valence-corrected chi connectivity index (χ4v) is 5.48. The average molecular weight is 573 g/mol. The van der Waals surface area contributed by atoms with Gasteiger partial charge in [0.2, 0.25) is 0 Å². The largest absolute Gasteiger partial charge is 0.430 e. The van der Waals surface area contributed by atoms with E-state index >= 15 is 0 Å². The number of benzene rings is 2. The van der Waals surface area contributed by atoms with Crippen LogP contribution in [0.2, 0.25) is 10.0 Å².